The molecule has 0 saturated heterocycles. The third kappa shape index (κ3) is 4.05. The molecule has 0 spiro atoms. The van der Waals surface area contributed by atoms with Gasteiger partial charge in [0, 0.05) is 26.4 Å². The van der Waals surface area contributed by atoms with Crippen LogP contribution in [0.1, 0.15) is 5.56 Å². The minimum atomic E-state index is 0.544. The number of hydrogen-bond donors (Lipinski definition) is 0. The van der Waals surface area contributed by atoms with Crippen molar-refractivity contribution in [2.75, 3.05) is 27.3 Å². The number of likely N-dealkylation sites (N-methyl/N-ethyl adjacent to an activating group) is 1. The van der Waals surface area contributed by atoms with Crippen molar-refractivity contribution in [3.63, 3.8) is 0 Å². The Bertz CT molecular complexity index is 281. The van der Waals surface area contributed by atoms with Gasteiger partial charge in [0.2, 0.25) is 0 Å². The second-order valence-corrected chi connectivity index (χ2v) is 3.60. The number of nitrogens with zero attached hydrogens (tertiary/aromatic N) is 2. The maximum atomic E-state index is 5.78. The van der Waals surface area contributed by atoms with Gasteiger partial charge in [-0.2, -0.15) is 0 Å². The second kappa shape index (κ2) is 5.96. The van der Waals surface area contributed by atoms with Crippen LogP contribution in [0.25, 0.3) is 0 Å². The molecular weight excluding hydrogens is 200 g/mol. The molecule has 0 fully saturated rings. The predicted molar refractivity (Wildman–Crippen MR) is 57.5 cm³/mol. The van der Waals surface area contributed by atoms with Gasteiger partial charge in [0.15, 0.2) is 0 Å². The summed E-state index contributed by atoms with van der Waals surface area (Å²) in [5.41, 5.74) is 1.17. The van der Waals surface area contributed by atoms with Gasteiger partial charge in [-0.15, -0.1) is 0 Å². The molecule has 0 atom stereocenters. The van der Waals surface area contributed by atoms with E-state index < -0.39 is 0 Å². The van der Waals surface area contributed by atoms with Crippen LogP contribution in [0.3, 0.4) is 0 Å². The first kappa shape index (κ1) is 11.4. The molecule has 78 valence electrons. The molecule has 0 saturated carbocycles. The van der Waals surface area contributed by atoms with Crippen LogP contribution in [0.4, 0.5) is 0 Å². The Morgan fingerprint density at radius 2 is 2.36 bits per heavy atom. The molecule has 1 heterocycles. The smallest absolute Gasteiger partial charge is 0.129 e. The summed E-state index contributed by atoms with van der Waals surface area (Å²) in [6.45, 7) is 2.53. The van der Waals surface area contributed by atoms with Crippen LogP contribution in [-0.4, -0.2) is 37.2 Å². The van der Waals surface area contributed by atoms with E-state index in [-0.39, 0.29) is 0 Å². The largest absolute Gasteiger partial charge is 0.383 e. The van der Waals surface area contributed by atoms with E-state index in [0.29, 0.717) is 5.15 Å². The number of pyridine rings is 1. The molecule has 14 heavy (non-hydrogen) atoms. The fourth-order valence-electron chi connectivity index (χ4n) is 1.18. The fourth-order valence-corrected chi connectivity index (χ4v) is 1.38. The first-order chi connectivity index (χ1) is 6.72. The highest BCUT2D eigenvalue weighted by Crippen LogP contribution is 2.08. The monoisotopic (exact) mass is 214 g/mol. The van der Waals surface area contributed by atoms with Crippen LogP contribution in [-0.2, 0) is 11.3 Å². The van der Waals surface area contributed by atoms with Crippen molar-refractivity contribution in [3.8, 4) is 0 Å². The number of hydrogen-bond acceptors (Lipinski definition) is 3. The van der Waals surface area contributed by atoms with Gasteiger partial charge in [0.1, 0.15) is 5.15 Å². The Morgan fingerprint density at radius 3 is 3.00 bits per heavy atom. The van der Waals surface area contributed by atoms with E-state index >= 15 is 0 Å². The lowest BCUT2D eigenvalue weighted by molar-refractivity contribution is 0.158. The molecule has 0 N–H and O–H groups in total. The fraction of sp³-hybridized carbons (Fsp3) is 0.500. The van der Waals surface area contributed by atoms with Gasteiger partial charge >= 0.3 is 0 Å². The summed E-state index contributed by atoms with van der Waals surface area (Å²) in [7, 11) is 3.75. The van der Waals surface area contributed by atoms with E-state index in [4.69, 9.17) is 16.3 Å². The molecule has 0 aromatic carbocycles. The maximum absolute atomic E-state index is 5.78. The zero-order valence-electron chi connectivity index (χ0n) is 8.53. The molecule has 3 nitrogen and oxygen atoms in total. The number of rotatable bonds is 5. The van der Waals surface area contributed by atoms with Crippen LogP contribution in [0, 0.1) is 0 Å². The lowest BCUT2D eigenvalue weighted by Crippen LogP contribution is -2.22. The zero-order valence-corrected chi connectivity index (χ0v) is 9.29. The van der Waals surface area contributed by atoms with Crippen molar-refractivity contribution in [2.45, 2.75) is 6.54 Å². The number of halogens is 1. The SMILES string of the molecule is COCCN(C)Cc1ccnc(Cl)c1. The van der Waals surface area contributed by atoms with Crippen molar-refractivity contribution in [1.29, 1.82) is 0 Å². The summed E-state index contributed by atoms with van der Waals surface area (Å²) in [4.78, 5) is 6.11. The average Bonchev–Trinajstić information content (AvgIpc) is 2.15. The van der Waals surface area contributed by atoms with Crippen molar-refractivity contribution in [1.82, 2.24) is 9.88 Å². The number of aromatic nitrogens is 1. The summed E-state index contributed by atoms with van der Waals surface area (Å²) in [5.74, 6) is 0. The highest BCUT2D eigenvalue weighted by atomic mass is 35.5. The normalized spacial score (nSPS) is 10.9. The van der Waals surface area contributed by atoms with Crippen LogP contribution < -0.4 is 0 Å². The van der Waals surface area contributed by atoms with Crippen LogP contribution in [0.15, 0.2) is 18.3 Å². The summed E-state index contributed by atoms with van der Waals surface area (Å²) < 4.78 is 4.99. The molecule has 1 aromatic heterocycles. The average molecular weight is 215 g/mol. The molecule has 0 unspecified atom stereocenters. The Labute approximate surface area is 89.7 Å². The first-order valence-electron chi connectivity index (χ1n) is 4.50. The van der Waals surface area contributed by atoms with Crippen molar-refractivity contribution < 1.29 is 4.74 Å². The molecule has 1 rings (SSSR count). The predicted octanol–water partition coefficient (Wildman–Crippen LogP) is 1.81. The lowest BCUT2D eigenvalue weighted by atomic mass is 10.2. The van der Waals surface area contributed by atoms with Crippen LogP contribution in [0.2, 0.25) is 5.15 Å². The van der Waals surface area contributed by atoms with E-state index in [0.717, 1.165) is 19.7 Å². The van der Waals surface area contributed by atoms with Gasteiger partial charge in [-0.3, -0.25) is 4.90 Å². The van der Waals surface area contributed by atoms with Crippen LogP contribution in [0.5, 0.6) is 0 Å². The third-order valence-electron chi connectivity index (χ3n) is 1.92. The second-order valence-electron chi connectivity index (χ2n) is 3.22. The van der Waals surface area contributed by atoms with Crippen molar-refractivity contribution in [2.24, 2.45) is 0 Å². The molecule has 1 aromatic rings. The summed E-state index contributed by atoms with van der Waals surface area (Å²) in [6, 6.07) is 3.85. The van der Waals surface area contributed by atoms with Gasteiger partial charge < -0.3 is 4.74 Å². The Balaban J connectivity index is 2.43. The highest BCUT2D eigenvalue weighted by Gasteiger charge is 2.00. The van der Waals surface area contributed by atoms with Gasteiger partial charge in [-0.25, -0.2) is 4.98 Å². The topological polar surface area (TPSA) is 25.4 Å². The van der Waals surface area contributed by atoms with E-state index in [1.807, 2.05) is 19.2 Å². The maximum Gasteiger partial charge on any atom is 0.129 e. The standard InChI is InChI=1S/C10H15ClN2O/c1-13(5-6-14-2)8-9-3-4-12-10(11)7-9/h3-4,7H,5-6,8H2,1-2H3. The third-order valence-corrected chi connectivity index (χ3v) is 2.13. The Hall–Kier alpha value is -0.640. The van der Waals surface area contributed by atoms with Crippen molar-refractivity contribution in [3.05, 3.63) is 29.0 Å². The Kier molecular flexibility index (Phi) is 4.87. The van der Waals surface area contributed by atoms with Gasteiger partial charge in [0.05, 0.1) is 6.61 Å². The Morgan fingerprint density at radius 1 is 1.57 bits per heavy atom. The zero-order chi connectivity index (χ0) is 10.4. The molecule has 0 bridgehead atoms. The molecule has 0 aliphatic carbocycles. The lowest BCUT2D eigenvalue weighted by Gasteiger charge is -2.15. The summed E-state index contributed by atoms with van der Waals surface area (Å²) >= 11 is 5.78. The van der Waals surface area contributed by atoms with Gasteiger partial charge in [-0.1, -0.05) is 11.6 Å². The van der Waals surface area contributed by atoms with Gasteiger partial charge in [-0.05, 0) is 24.7 Å². The molecule has 0 radical (unpaired) electrons. The van der Waals surface area contributed by atoms with E-state index in [9.17, 15) is 0 Å². The minimum Gasteiger partial charge on any atom is -0.383 e. The van der Waals surface area contributed by atoms with E-state index in [1.54, 1.807) is 13.3 Å². The van der Waals surface area contributed by atoms with Crippen LogP contribution >= 0.6 is 11.6 Å². The van der Waals surface area contributed by atoms with Crippen molar-refractivity contribution >= 4 is 11.6 Å². The molecule has 4 heteroatoms. The molecule has 0 aliphatic heterocycles. The summed E-state index contributed by atoms with van der Waals surface area (Å²) in [5, 5.41) is 0.544. The quantitative estimate of drug-likeness (QED) is 0.700. The van der Waals surface area contributed by atoms with E-state index in [2.05, 4.69) is 9.88 Å². The molecular formula is C10H15ClN2O. The first-order valence-corrected chi connectivity index (χ1v) is 4.88. The summed E-state index contributed by atoms with van der Waals surface area (Å²) in [6.07, 6.45) is 1.72. The minimum absolute atomic E-state index is 0.544. The van der Waals surface area contributed by atoms with E-state index in [1.165, 1.54) is 5.56 Å². The van der Waals surface area contributed by atoms with Gasteiger partial charge in [0.25, 0.3) is 0 Å². The number of methoxy groups -OCH3 is 1. The number of ether oxygens (including phenoxy) is 1. The molecule has 0 amide bonds. The molecule has 0 aliphatic rings. The highest BCUT2D eigenvalue weighted by molar-refractivity contribution is 6.29.